The number of aliphatic hydroxyl groups excluding tert-OH is 1. The second-order valence-electron chi connectivity index (χ2n) is 4.79. The van der Waals surface area contributed by atoms with Crippen molar-refractivity contribution in [2.75, 3.05) is 33.3 Å². The van der Waals surface area contributed by atoms with Gasteiger partial charge in [-0.3, -0.25) is 0 Å². The molecule has 1 saturated heterocycles. The molecule has 76 valence electrons. The summed E-state index contributed by atoms with van der Waals surface area (Å²) in [6.45, 7) is 3.76. The van der Waals surface area contributed by atoms with Crippen LogP contribution in [0.1, 0.15) is 19.3 Å². The van der Waals surface area contributed by atoms with Gasteiger partial charge >= 0.3 is 0 Å². The van der Waals surface area contributed by atoms with Gasteiger partial charge in [-0.25, -0.2) is 0 Å². The van der Waals surface area contributed by atoms with Gasteiger partial charge in [-0.05, 0) is 32.9 Å². The topological polar surface area (TPSA) is 35.5 Å². The molecule has 0 aromatic carbocycles. The van der Waals surface area contributed by atoms with Crippen molar-refractivity contribution in [3.05, 3.63) is 0 Å². The summed E-state index contributed by atoms with van der Waals surface area (Å²) in [5.41, 5.74) is 0.265. The molecule has 13 heavy (non-hydrogen) atoms. The maximum absolute atomic E-state index is 9.13. The van der Waals surface area contributed by atoms with Crippen molar-refractivity contribution in [3.8, 4) is 0 Å². The van der Waals surface area contributed by atoms with Gasteiger partial charge in [0.1, 0.15) is 0 Å². The van der Waals surface area contributed by atoms with Crippen LogP contribution in [0.15, 0.2) is 0 Å². The smallest absolute Gasteiger partial charge is 0.0499 e. The van der Waals surface area contributed by atoms with Gasteiger partial charge in [-0.1, -0.05) is 0 Å². The highest BCUT2D eigenvalue weighted by Gasteiger charge is 2.42. The Hall–Kier alpha value is -0.120. The van der Waals surface area contributed by atoms with Crippen LogP contribution in [-0.2, 0) is 0 Å². The van der Waals surface area contributed by atoms with E-state index in [-0.39, 0.29) is 5.41 Å². The summed E-state index contributed by atoms with van der Waals surface area (Å²) in [5, 5.41) is 12.7. The quantitative estimate of drug-likeness (QED) is 0.648. The minimum atomic E-state index is 0.265. The predicted octanol–water partition coefficient (Wildman–Crippen LogP) is 0.0526. The van der Waals surface area contributed by atoms with E-state index >= 15 is 0 Å². The Kier molecular flexibility index (Phi) is 2.58. The number of rotatable bonds is 4. The zero-order valence-electron chi connectivity index (χ0n) is 8.42. The first-order chi connectivity index (χ1) is 6.24. The highest BCUT2D eigenvalue weighted by molar-refractivity contribution is 4.95. The molecule has 1 saturated carbocycles. The molecule has 0 aromatic heterocycles. The van der Waals surface area contributed by atoms with Crippen LogP contribution in [0.3, 0.4) is 0 Å². The molecule has 2 fully saturated rings. The van der Waals surface area contributed by atoms with E-state index in [1.807, 2.05) is 0 Å². The van der Waals surface area contributed by atoms with Gasteiger partial charge in [0.2, 0.25) is 0 Å². The number of hydrogen-bond acceptors (Lipinski definition) is 3. The Bertz CT molecular complexity index is 180. The lowest BCUT2D eigenvalue weighted by atomic mass is 10.1. The molecule has 1 aliphatic carbocycles. The minimum Gasteiger partial charge on any atom is -0.396 e. The van der Waals surface area contributed by atoms with Crippen molar-refractivity contribution < 1.29 is 5.11 Å². The summed E-state index contributed by atoms with van der Waals surface area (Å²) in [6.07, 6.45) is 3.68. The van der Waals surface area contributed by atoms with Crippen molar-refractivity contribution in [1.29, 1.82) is 0 Å². The highest BCUT2D eigenvalue weighted by atomic mass is 16.3. The van der Waals surface area contributed by atoms with Gasteiger partial charge in [-0.15, -0.1) is 0 Å². The van der Waals surface area contributed by atoms with E-state index in [4.69, 9.17) is 5.11 Å². The molecule has 0 radical (unpaired) electrons. The van der Waals surface area contributed by atoms with E-state index in [0.717, 1.165) is 6.54 Å². The molecule has 1 heterocycles. The third-order valence-corrected chi connectivity index (χ3v) is 3.45. The SMILES string of the molecule is CN1CCC(NCC2(CO)CC2)C1. The highest BCUT2D eigenvalue weighted by Crippen LogP contribution is 2.44. The summed E-state index contributed by atoms with van der Waals surface area (Å²) < 4.78 is 0. The lowest BCUT2D eigenvalue weighted by Crippen LogP contribution is -2.36. The fourth-order valence-electron chi connectivity index (χ4n) is 2.03. The zero-order chi connectivity index (χ0) is 9.31. The molecular formula is C10H20N2O. The van der Waals surface area contributed by atoms with Crippen molar-refractivity contribution in [1.82, 2.24) is 10.2 Å². The van der Waals surface area contributed by atoms with Crippen molar-refractivity contribution in [2.24, 2.45) is 5.41 Å². The molecule has 0 bridgehead atoms. The fraction of sp³-hybridized carbons (Fsp3) is 1.00. The molecule has 2 aliphatic rings. The Morgan fingerprint density at radius 1 is 1.54 bits per heavy atom. The summed E-state index contributed by atoms with van der Waals surface area (Å²) in [4.78, 5) is 2.36. The van der Waals surface area contributed by atoms with Crippen LogP contribution in [0, 0.1) is 5.41 Å². The van der Waals surface area contributed by atoms with Crippen LogP contribution in [0.2, 0.25) is 0 Å². The fourth-order valence-corrected chi connectivity index (χ4v) is 2.03. The average molecular weight is 184 g/mol. The van der Waals surface area contributed by atoms with Crippen LogP contribution < -0.4 is 5.32 Å². The lowest BCUT2D eigenvalue weighted by Gasteiger charge is -2.17. The van der Waals surface area contributed by atoms with Gasteiger partial charge < -0.3 is 15.3 Å². The van der Waals surface area contributed by atoms with Gasteiger partial charge in [0.05, 0.1) is 0 Å². The number of likely N-dealkylation sites (tertiary alicyclic amines) is 1. The van der Waals surface area contributed by atoms with Crippen LogP contribution in [-0.4, -0.2) is 49.3 Å². The van der Waals surface area contributed by atoms with Crippen LogP contribution in [0.4, 0.5) is 0 Å². The van der Waals surface area contributed by atoms with Gasteiger partial charge in [-0.2, -0.15) is 0 Å². The molecule has 1 atom stereocenters. The van der Waals surface area contributed by atoms with Crippen LogP contribution in [0.25, 0.3) is 0 Å². The molecule has 3 nitrogen and oxygen atoms in total. The maximum atomic E-state index is 9.13. The second kappa shape index (κ2) is 3.56. The molecular weight excluding hydrogens is 164 g/mol. The third kappa shape index (κ3) is 2.22. The van der Waals surface area contributed by atoms with E-state index < -0.39 is 0 Å². The summed E-state index contributed by atoms with van der Waals surface area (Å²) in [6, 6.07) is 0.661. The van der Waals surface area contributed by atoms with E-state index in [1.54, 1.807) is 0 Å². The summed E-state index contributed by atoms with van der Waals surface area (Å²) >= 11 is 0. The zero-order valence-corrected chi connectivity index (χ0v) is 8.42. The maximum Gasteiger partial charge on any atom is 0.0499 e. The molecule has 2 N–H and O–H groups in total. The Morgan fingerprint density at radius 2 is 2.31 bits per heavy atom. The monoisotopic (exact) mass is 184 g/mol. The first kappa shape index (κ1) is 9.44. The Morgan fingerprint density at radius 3 is 2.77 bits per heavy atom. The van der Waals surface area contributed by atoms with E-state index in [2.05, 4.69) is 17.3 Å². The third-order valence-electron chi connectivity index (χ3n) is 3.45. The van der Waals surface area contributed by atoms with Crippen LogP contribution >= 0.6 is 0 Å². The first-order valence-corrected chi connectivity index (χ1v) is 5.27. The molecule has 1 aliphatic heterocycles. The first-order valence-electron chi connectivity index (χ1n) is 5.27. The molecule has 1 unspecified atom stereocenters. The Balaban J connectivity index is 1.68. The second-order valence-corrected chi connectivity index (χ2v) is 4.79. The van der Waals surface area contributed by atoms with E-state index in [1.165, 1.54) is 32.4 Å². The predicted molar refractivity (Wildman–Crippen MR) is 52.7 cm³/mol. The molecule has 0 aromatic rings. The normalized spacial score (nSPS) is 32.3. The van der Waals surface area contributed by atoms with E-state index in [9.17, 15) is 0 Å². The number of nitrogens with one attached hydrogen (secondary N) is 1. The standard InChI is InChI=1S/C10H20N2O/c1-12-5-2-9(6-12)11-7-10(8-13)3-4-10/h9,11,13H,2-8H2,1H3. The lowest BCUT2D eigenvalue weighted by molar-refractivity contribution is 0.204. The van der Waals surface area contributed by atoms with Gasteiger partial charge in [0, 0.05) is 31.2 Å². The summed E-state index contributed by atoms with van der Waals surface area (Å²) in [7, 11) is 2.17. The molecule has 0 amide bonds. The molecule has 2 rings (SSSR count). The number of hydrogen-bond donors (Lipinski definition) is 2. The van der Waals surface area contributed by atoms with Crippen LogP contribution in [0.5, 0.6) is 0 Å². The van der Waals surface area contributed by atoms with Crippen molar-refractivity contribution >= 4 is 0 Å². The van der Waals surface area contributed by atoms with Crippen molar-refractivity contribution in [3.63, 3.8) is 0 Å². The van der Waals surface area contributed by atoms with E-state index in [0.29, 0.717) is 12.6 Å². The number of aliphatic hydroxyl groups is 1. The molecule has 3 heteroatoms. The molecule has 0 spiro atoms. The number of likely N-dealkylation sites (N-methyl/N-ethyl adjacent to an activating group) is 1. The largest absolute Gasteiger partial charge is 0.396 e. The van der Waals surface area contributed by atoms with Crippen molar-refractivity contribution in [2.45, 2.75) is 25.3 Å². The minimum absolute atomic E-state index is 0.265. The average Bonchev–Trinajstić information content (AvgIpc) is 2.81. The van der Waals surface area contributed by atoms with Gasteiger partial charge in [0.25, 0.3) is 0 Å². The summed E-state index contributed by atoms with van der Waals surface area (Å²) in [5.74, 6) is 0. The van der Waals surface area contributed by atoms with Gasteiger partial charge in [0.15, 0.2) is 0 Å². The Labute approximate surface area is 80.1 Å². The number of nitrogens with zero attached hydrogens (tertiary/aromatic N) is 1.